The monoisotopic (exact) mass is 409 g/mol. The Balaban J connectivity index is 1.55. The number of hydrogen-bond acceptors (Lipinski definition) is 6. The van der Waals surface area contributed by atoms with Crippen LogP contribution in [0.4, 0.5) is 8.78 Å². The zero-order valence-electron chi connectivity index (χ0n) is 15.1. The summed E-state index contributed by atoms with van der Waals surface area (Å²) < 4.78 is 30.0. The van der Waals surface area contributed by atoms with Crippen LogP contribution in [0.3, 0.4) is 0 Å². The fourth-order valence-electron chi connectivity index (χ4n) is 3.05. The van der Waals surface area contributed by atoms with Gasteiger partial charge in [0, 0.05) is 40.8 Å². The lowest BCUT2D eigenvalue weighted by Gasteiger charge is -2.07. The topological polar surface area (TPSA) is 73.8 Å². The maximum absolute atomic E-state index is 13.3. The lowest BCUT2D eigenvalue weighted by molar-refractivity contribution is 0.153. The first kappa shape index (κ1) is 17.7. The van der Waals surface area contributed by atoms with Gasteiger partial charge in [-0.1, -0.05) is 0 Å². The third kappa shape index (κ3) is 3.21. The number of rotatable bonds is 4. The third-order valence-electron chi connectivity index (χ3n) is 4.43. The highest BCUT2D eigenvalue weighted by Crippen LogP contribution is 2.32. The van der Waals surface area contributed by atoms with Crippen LogP contribution in [0.2, 0.25) is 0 Å². The van der Waals surface area contributed by atoms with Crippen molar-refractivity contribution in [2.45, 2.75) is 16.5 Å². The van der Waals surface area contributed by atoms with Crippen molar-refractivity contribution in [3.05, 3.63) is 60.6 Å². The maximum Gasteiger partial charge on any atom is 0.264 e. The second kappa shape index (κ2) is 6.89. The van der Waals surface area contributed by atoms with Crippen molar-refractivity contribution >= 4 is 28.3 Å². The van der Waals surface area contributed by atoms with Crippen molar-refractivity contribution in [3.63, 3.8) is 0 Å². The summed E-state index contributed by atoms with van der Waals surface area (Å²) in [5, 5.41) is 18.1. The summed E-state index contributed by atoms with van der Waals surface area (Å²) in [5.74, 6) is 0. The van der Waals surface area contributed by atoms with Crippen LogP contribution in [-0.2, 0) is 7.05 Å². The molecule has 0 aliphatic carbocycles. The van der Waals surface area contributed by atoms with Crippen LogP contribution in [0.1, 0.15) is 12.0 Å². The van der Waals surface area contributed by atoms with Gasteiger partial charge in [0.05, 0.1) is 17.4 Å². The molecular formula is C19H13F2N7S. The molecule has 7 nitrogen and oxygen atoms in total. The molecule has 29 heavy (non-hydrogen) atoms. The van der Waals surface area contributed by atoms with Crippen LogP contribution in [0.15, 0.2) is 65.0 Å². The molecule has 0 spiro atoms. The van der Waals surface area contributed by atoms with Crippen LogP contribution < -0.4 is 0 Å². The van der Waals surface area contributed by atoms with E-state index in [-0.39, 0.29) is 5.56 Å². The molecule has 0 aliphatic rings. The Morgan fingerprint density at radius 3 is 2.76 bits per heavy atom. The van der Waals surface area contributed by atoms with Gasteiger partial charge in [0.15, 0.2) is 5.65 Å². The van der Waals surface area contributed by atoms with Gasteiger partial charge in [0.2, 0.25) is 5.16 Å². The second-order valence-corrected chi connectivity index (χ2v) is 7.40. The van der Waals surface area contributed by atoms with E-state index in [2.05, 4.69) is 25.4 Å². The summed E-state index contributed by atoms with van der Waals surface area (Å²) in [4.78, 5) is 4.91. The summed E-state index contributed by atoms with van der Waals surface area (Å²) in [7, 11) is 1.84. The molecule has 0 aliphatic heterocycles. The van der Waals surface area contributed by atoms with Gasteiger partial charge in [-0.25, -0.2) is 8.78 Å². The molecule has 0 fully saturated rings. The van der Waals surface area contributed by atoms with E-state index in [0.29, 0.717) is 21.7 Å². The van der Waals surface area contributed by atoms with Crippen LogP contribution in [0.5, 0.6) is 0 Å². The minimum atomic E-state index is -2.57. The quantitative estimate of drug-likeness (QED) is 0.444. The second-order valence-electron chi connectivity index (χ2n) is 6.36. The van der Waals surface area contributed by atoms with E-state index in [1.54, 1.807) is 27.5 Å². The van der Waals surface area contributed by atoms with E-state index in [4.69, 9.17) is 0 Å². The van der Waals surface area contributed by atoms with Crippen LogP contribution >= 0.6 is 11.8 Å². The Labute approximate surface area is 167 Å². The highest BCUT2D eigenvalue weighted by atomic mass is 32.2. The first-order valence-electron chi connectivity index (χ1n) is 8.64. The Morgan fingerprint density at radius 2 is 1.97 bits per heavy atom. The zero-order valence-corrected chi connectivity index (χ0v) is 15.9. The van der Waals surface area contributed by atoms with Crippen molar-refractivity contribution in [2.75, 3.05) is 0 Å². The fraction of sp³-hybridized carbons (Fsp3) is 0.105. The summed E-state index contributed by atoms with van der Waals surface area (Å²) in [6, 6.07) is 10.3. The van der Waals surface area contributed by atoms with Gasteiger partial charge in [0.1, 0.15) is 0 Å². The van der Waals surface area contributed by atoms with Gasteiger partial charge in [0.25, 0.3) is 6.43 Å². The minimum Gasteiger partial charge on any atom is -0.275 e. The first-order valence-corrected chi connectivity index (χ1v) is 9.46. The molecule has 0 saturated heterocycles. The van der Waals surface area contributed by atoms with Crippen LogP contribution in [0, 0.1) is 0 Å². The number of aromatic nitrogens is 7. The van der Waals surface area contributed by atoms with Gasteiger partial charge in [-0.2, -0.15) is 14.7 Å². The summed E-state index contributed by atoms with van der Waals surface area (Å²) >= 11 is 1.30. The predicted molar refractivity (Wildman–Crippen MR) is 104 cm³/mol. The number of nitrogens with zero attached hydrogens (tertiary/aromatic N) is 7. The molecule has 0 bridgehead atoms. The lowest BCUT2D eigenvalue weighted by atomic mass is 10.1. The summed E-state index contributed by atoms with van der Waals surface area (Å²) in [6.07, 6.45) is 2.42. The molecule has 0 N–H and O–H groups in total. The van der Waals surface area contributed by atoms with Crippen molar-refractivity contribution < 1.29 is 8.78 Å². The molecule has 10 heteroatoms. The molecule has 4 heterocycles. The zero-order chi connectivity index (χ0) is 20.0. The van der Waals surface area contributed by atoms with E-state index >= 15 is 0 Å². The number of pyridine rings is 1. The first-order chi connectivity index (χ1) is 14.1. The number of fused-ring (bicyclic) bond motifs is 2. The predicted octanol–water partition coefficient (Wildman–Crippen LogP) is 4.16. The van der Waals surface area contributed by atoms with E-state index in [9.17, 15) is 8.78 Å². The Bertz CT molecular complexity index is 1350. The molecule has 5 aromatic rings. The smallest absolute Gasteiger partial charge is 0.264 e. The minimum absolute atomic E-state index is 0.0412. The Hall–Kier alpha value is -3.40. The molecule has 4 aromatic heterocycles. The Kier molecular flexibility index (Phi) is 4.20. The lowest BCUT2D eigenvalue weighted by Crippen LogP contribution is -1.96. The SMILES string of the molecule is Cn1cc(-c2ccc3nnc(Sc4ccc5nccc(C(F)F)c5c4)n3n2)cn1. The average Bonchev–Trinajstić information content (AvgIpc) is 3.33. The van der Waals surface area contributed by atoms with Crippen molar-refractivity contribution in [3.8, 4) is 11.3 Å². The van der Waals surface area contributed by atoms with E-state index in [1.165, 1.54) is 24.0 Å². The van der Waals surface area contributed by atoms with Gasteiger partial charge in [-0.3, -0.25) is 9.67 Å². The van der Waals surface area contributed by atoms with E-state index < -0.39 is 6.43 Å². The fourth-order valence-corrected chi connectivity index (χ4v) is 3.87. The summed E-state index contributed by atoms with van der Waals surface area (Å²) in [6.45, 7) is 0. The number of hydrogen-bond donors (Lipinski definition) is 0. The van der Waals surface area contributed by atoms with Gasteiger partial charge in [-0.05, 0) is 48.2 Å². The molecule has 0 atom stereocenters. The number of aryl methyl sites for hydroxylation is 1. The van der Waals surface area contributed by atoms with Crippen molar-refractivity contribution in [1.29, 1.82) is 0 Å². The average molecular weight is 409 g/mol. The van der Waals surface area contributed by atoms with Gasteiger partial charge >= 0.3 is 0 Å². The number of halogens is 2. The molecule has 5 rings (SSSR count). The van der Waals surface area contributed by atoms with Crippen molar-refractivity contribution in [1.82, 2.24) is 34.6 Å². The van der Waals surface area contributed by atoms with Crippen LogP contribution in [0.25, 0.3) is 27.8 Å². The van der Waals surface area contributed by atoms with Gasteiger partial charge < -0.3 is 0 Å². The van der Waals surface area contributed by atoms with Crippen molar-refractivity contribution in [2.24, 2.45) is 7.05 Å². The Morgan fingerprint density at radius 1 is 1.07 bits per heavy atom. The number of alkyl halides is 2. The molecule has 0 amide bonds. The normalized spacial score (nSPS) is 11.7. The standard InChI is InChI=1S/C19H13F2N7S/c1-27-10-11(9-23-27)15-4-5-17-24-25-19(28(17)26-15)29-12-2-3-16-14(8-12)13(18(20)21)6-7-22-16/h2-10,18H,1H3. The molecule has 0 unspecified atom stereocenters. The third-order valence-corrected chi connectivity index (χ3v) is 5.35. The van der Waals surface area contributed by atoms with E-state index in [1.807, 2.05) is 31.4 Å². The molecule has 0 radical (unpaired) electrons. The highest BCUT2D eigenvalue weighted by Gasteiger charge is 2.15. The van der Waals surface area contributed by atoms with Crippen LogP contribution in [-0.4, -0.2) is 34.6 Å². The van der Waals surface area contributed by atoms with Gasteiger partial charge in [-0.15, -0.1) is 10.2 Å². The highest BCUT2D eigenvalue weighted by molar-refractivity contribution is 7.99. The van der Waals surface area contributed by atoms with E-state index in [0.717, 1.165) is 16.2 Å². The maximum atomic E-state index is 13.3. The molecule has 144 valence electrons. The number of benzene rings is 1. The molecule has 1 aromatic carbocycles. The molecular weight excluding hydrogens is 396 g/mol. The summed E-state index contributed by atoms with van der Waals surface area (Å²) in [5.41, 5.74) is 2.68. The largest absolute Gasteiger partial charge is 0.275 e. The molecule has 0 saturated carbocycles.